The number of H-pyrrole nitrogens is 1. The van der Waals surface area contributed by atoms with Crippen LogP contribution in [-0.4, -0.2) is 17.3 Å². The van der Waals surface area contributed by atoms with Crippen molar-refractivity contribution < 1.29 is 9.13 Å². The van der Waals surface area contributed by atoms with Crippen LogP contribution < -0.4 is 4.74 Å². The Balaban J connectivity index is 2.49. The number of ether oxygens (including phenoxy) is 1. The molecule has 0 saturated carbocycles. The third-order valence-electron chi connectivity index (χ3n) is 2.30. The quantitative estimate of drug-likeness (QED) is 0.919. The molecule has 0 unspecified atom stereocenters. The van der Waals surface area contributed by atoms with Crippen molar-refractivity contribution in [2.75, 3.05) is 7.11 Å². The van der Waals surface area contributed by atoms with Gasteiger partial charge in [0.1, 0.15) is 5.69 Å². The molecule has 0 radical (unpaired) electrons. The molecule has 1 aromatic carbocycles. The van der Waals surface area contributed by atoms with Crippen molar-refractivity contribution in [3.8, 4) is 17.0 Å². The minimum absolute atomic E-state index is 0.229. The molecule has 2 rings (SSSR count). The van der Waals surface area contributed by atoms with Crippen molar-refractivity contribution in [2.24, 2.45) is 0 Å². The van der Waals surface area contributed by atoms with Crippen molar-refractivity contribution in [1.82, 2.24) is 10.2 Å². The van der Waals surface area contributed by atoms with E-state index in [9.17, 15) is 4.39 Å². The number of aromatic amines is 1. The van der Waals surface area contributed by atoms with Gasteiger partial charge in [-0.3, -0.25) is 5.10 Å². The van der Waals surface area contributed by atoms with Crippen LogP contribution in [0, 0.1) is 12.7 Å². The van der Waals surface area contributed by atoms with Gasteiger partial charge >= 0.3 is 0 Å². The number of methoxy groups -OCH3 is 1. The van der Waals surface area contributed by atoms with E-state index in [-0.39, 0.29) is 5.75 Å². The monoisotopic (exact) mass is 284 g/mol. The number of benzene rings is 1. The summed E-state index contributed by atoms with van der Waals surface area (Å²) in [5, 5.41) is 6.94. The first-order valence-corrected chi connectivity index (χ1v) is 5.47. The summed E-state index contributed by atoms with van der Waals surface area (Å²) in [6, 6.07) is 4.75. The van der Waals surface area contributed by atoms with Gasteiger partial charge in [0, 0.05) is 11.3 Å². The molecule has 0 aliphatic heterocycles. The van der Waals surface area contributed by atoms with Crippen LogP contribution in [0.1, 0.15) is 5.69 Å². The van der Waals surface area contributed by atoms with Gasteiger partial charge in [0.05, 0.1) is 11.6 Å². The highest BCUT2D eigenvalue weighted by molar-refractivity contribution is 9.10. The number of nitrogens with zero attached hydrogens (tertiary/aromatic N) is 1. The Bertz CT molecular complexity index is 525. The van der Waals surface area contributed by atoms with Gasteiger partial charge in [-0.1, -0.05) is 0 Å². The van der Waals surface area contributed by atoms with Gasteiger partial charge in [-0.15, -0.1) is 0 Å². The zero-order valence-corrected chi connectivity index (χ0v) is 10.4. The maximum atomic E-state index is 13.5. The molecular weight excluding hydrogens is 275 g/mol. The van der Waals surface area contributed by atoms with Crippen LogP contribution in [0.5, 0.6) is 5.75 Å². The topological polar surface area (TPSA) is 37.9 Å². The zero-order chi connectivity index (χ0) is 11.7. The zero-order valence-electron chi connectivity index (χ0n) is 8.84. The summed E-state index contributed by atoms with van der Waals surface area (Å²) in [6.45, 7) is 1.89. The fourth-order valence-electron chi connectivity index (χ4n) is 1.42. The molecule has 0 amide bonds. The number of nitrogens with one attached hydrogen (secondary N) is 1. The van der Waals surface area contributed by atoms with Crippen molar-refractivity contribution in [3.05, 3.63) is 34.2 Å². The standard InChI is InChI=1S/C11H10BrFN2O/c1-6-10(12)11(15-14-6)7-3-4-9(16-2)8(13)5-7/h3-5H,1-2H3,(H,14,15). The normalized spacial score (nSPS) is 10.5. The summed E-state index contributed by atoms with van der Waals surface area (Å²) in [5.41, 5.74) is 2.31. The Morgan fingerprint density at radius 2 is 2.19 bits per heavy atom. The fraction of sp³-hybridized carbons (Fsp3) is 0.182. The Labute approximate surface area is 101 Å². The molecule has 84 valence electrons. The lowest BCUT2D eigenvalue weighted by atomic mass is 10.1. The Morgan fingerprint density at radius 3 is 2.69 bits per heavy atom. The molecule has 0 fully saturated rings. The average molecular weight is 285 g/mol. The van der Waals surface area contributed by atoms with Gasteiger partial charge in [-0.25, -0.2) is 4.39 Å². The van der Waals surface area contributed by atoms with Crippen molar-refractivity contribution in [2.45, 2.75) is 6.92 Å². The van der Waals surface area contributed by atoms with E-state index in [1.54, 1.807) is 12.1 Å². The van der Waals surface area contributed by atoms with E-state index in [0.29, 0.717) is 11.3 Å². The van der Waals surface area contributed by atoms with Gasteiger partial charge in [-0.05, 0) is 41.1 Å². The van der Waals surface area contributed by atoms with Crippen LogP contribution in [0.4, 0.5) is 4.39 Å². The molecule has 1 heterocycles. The van der Waals surface area contributed by atoms with Crippen LogP contribution in [0.3, 0.4) is 0 Å². The van der Waals surface area contributed by atoms with Crippen LogP contribution in [0.2, 0.25) is 0 Å². The molecule has 0 atom stereocenters. The third-order valence-corrected chi connectivity index (χ3v) is 3.27. The lowest BCUT2D eigenvalue weighted by molar-refractivity contribution is 0.386. The number of halogens is 2. The highest BCUT2D eigenvalue weighted by Gasteiger charge is 2.12. The Morgan fingerprint density at radius 1 is 1.44 bits per heavy atom. The van der Waals surface area contributed by atoms with Crippen LogP contribution in [0.25, 0.3) is 11.3 Å². The molecule has 0 aliphatic rings. The van der Waals surface area contributed by atoms with Crippen LogP contribution >= 0.6 is 15.9 Å². The number of aromatic nitrogens is 2. The first-order valence-electron chi connectivity index (χ1n) is 4.68. The summed E-state index contributed by atoms with van der Waals surface area (Å²) < 4.78 is 19.2. The van der Waals surface area contributed by atoms with E-state index in [4.69, 9.17) is 4.74 Å². The van der Waals surface area contributed by atoms with E-state index in [1.807, 2.05) is 6.92 Å². The van der Waals surface area contributed by atoms with E-state index < -0.39 is 5.82 Å². The molecule has 1 aromatic heterocycles. The molecule has 0 bridgehead atoms. The van der Waals surface area contributed by atoms with Crippen molar-refractivity contribution in [1.29, 1.82) is 0 Å². The lowest BCUT2D eigenvalue weighted by Gasteiger charge is -2.03. The summed E-state index contributed by atoms with van der Waals surface area (Å²) in [7, 11) is 1.44. The van der Waals surface area contributed by atoms with Crippen molar-refractivity contribution >= 4 is 15.9 Å². The number of aryl methyl sites for hydroxylation is 1. The number of hydrogen-bond acceptors (Lipinski definition) is 2. The first-order chi connectivity index (χ1) is 7.63. The Hall–Kier alpha value is -1.36. The van der Waals surface area contributed by atoms with Gasteiger partial charge in [0.15, 0.2) is 11.6 Å². The second-order valence-corrected chi connectivity index (χ2v) is 4.15. The predicted octanol–water partition coefficient (Wildman–Crippen LogP) is 3.30. The highest BCUT2D eigenvalue weighted by atomic mass is 79.9. The maximum Gasteiger partial charge on any atom is 0.165 e. The molecule has 16 heavy (non-hydrogen) atoms. The van der Waals surface area contributed by atoms with Gasteiger partial charge in [0.25, 0.3) is 0 Å². The summed E-state index contributed by atoms with van der Waals surface area (Å²) in [5.74, 6) is -0.167. The van der Waals surface area contributed by atoms with E-state index in [1.165, 1.54) is 13.2 Å². The number of hydrogen-bond donors (Lipinski definition) is 1. The Kier molecular flexibility index (Phi) is 2.96. The average Bonchev–Trinajstić information content (AvgIpc) is 2.60. The minimum atomic E-state index is -0.396. The molecule has 5 heteroatoms. The van der Waals surface area contributed by atoms with Gasteiger partial charge in [-0.2, -0.15) is 5.10 Å². The minimum Gasteiger partial charge on any atom is -0.494 e. The molecule has 1 N–H and O–H groups in total. The largest absolute Gasteiger partial charge is 0.494 e. The van der Waals surface area contributed by atoms with E-state index >= 15 is 0 Å². The third kappa shape index (κ3) is 1.82. The first kappa shape index (κ1) is 11.1. The summed E-state index contributed by atoms with van der Waals surface area (Å²) in [4.78, 5) is 0. The highest BCUT2D eigenvalue weighted by Crippen LogP contribution is 2.30. The summed E-state index contributed by atoms with van der Waals surface area (Å²) in [6.07, 6.45) is 0. The van der Waals surface area contributed by atoms with E-state index in [2.05, 4.69) is 26.1 Å². The molecule has 2 aromatic rings. The van der Waals surface area contributed by atoms with Gasteiger partial charge in [0.2, 0.25) is 0 Å². The van der Waals surface area contributed by atoms with Crippen LogP contribution in [-0.2, 0) is 0 Å². The number of rotatable bonds is 2. The SMILES string of the molecule is COc1ccc(-c2n[nH]c(C)c2Br)cc1F. The maximum absolute atomic E-state index is 13.5. The lowest BCUT2D eigenvalue weighted by Crippen LogP contribution is -1.89. The second-order valence-electron chi connectivity index (χ2n) is 3.36. The molecule has 0 saturated heterocycles. The smallest absolute Gasteiger partial charge is 0.165 e. The molecule has 0 spiro atoms. The summed E-state index contributed by atoms with van der Waals surface area (Å²) >= 11 is 3.40. The molecule has 3 nitrogen and oxygen atoms in total. The van der Waals surface area contributed by atoms with Crippen LogP contribution in [0.15, 0.2) is 22.7 Å². The predicted molar refractivity (Wildman–Crippen MR) is 63.0 cm³/mol. The van der Waals surface area contributed by atoms with Gasteiger partial charge < -0.3 is 4.74 Å². The molecular formula is C11H10BrFN2O. The fourth-order valence-corrected chi connectivity index (χ4v) is 1.83. The second kappa shape index (κ2) is 4.25. The molecule has 0 aliphatic carbocycles. The van der Waals surface area contributed by atoms with E-state index in [0.717, 1.165) is 10.2 Å². The van der Waals surface area contributed by atoms with Crippen molar-refractivity contribution in [3.63, 3.8) is 0 Å².